The van der Waals surface area contributed by atoms with Gasteiger partial charge in [0.15, 0.2) is 0 Å². The summed E-state index contributed by atoms with van der Waals surface area (Å²) < 4.78 is 0. The fourth-order valence-electron chi connectivity index (χ4n) is 6.53. The normalized spacial score (nSPS) is 39.0. The van der Waals surface area contributed by atoms with E-state index < -0.39 is 0 Å². The summed E-state index contributed by atoms with van der Waals surface area (Å²) in [6.07, 6.45) is 9.09. The topological polar surface area (TPSA) is 61.4 Å². The van der Waals surface area contributed by atoms with Crippen LogP contribution in [0.5, 0.6) is 0 Å². The van der Waals surface area contributed by atoms with Gasteiger partial charge in [-0.25, -0.2) is 0 Å². The molecule has 1 atom stereocenters. The largest absolute Gasteiger partial charge is 0.353 e. The zero-order chi connectivity index (χ0) is 17.4. The number of carbonyl (C=O) groups excluding carboxylic acids is 2. The summed E-state index contributed by atoms with van der Waals surface area (Å²) in [6, 6.07) is -0.234. The number of hydrogen-bond acceptors (Lipinski definition) is 3. The van der Waals surface area contributed by atoms with Crippen LogP contribution in [0.2, 0.25) is 0 Å². The van der Waals surface area contributed by atoms with Crippen LogP contribution >= 0.6 is 0 Å². The van der Waals surface area contributed by atoms with Crippen molar-refractivity contribution in [2.75, 3.05) is 26.2 Å². The average molecular weight is 348 g/mol. The first-order valence-corrected chi connectivity index (χ1v) is 10.4. The number of likely N-dealkylation sites (tertiary alicyclic amines) is 1. The van der Waals surface area contributed by atoms with E-state index in [1.54, 1.807) is 0 Å². The minimum Gasteiger partial charge on any atom is -0.353 e. The van der Waals surface area contributed by atoms with Crippen molar-refractivity contribution in [1.29, 1.82) is 0 Å². The van der Waals surface area contributed by atoms with Gasteiger partial charge in [-0.1, -0.05) is 6.92 Å². The Labute approximate surface area is 151 Å². The first-order valence-electron chi connectivity index (χ1n) is 10.4. The molecule has 0 aromatic carbocycles. The van der Waals surface area contributed by atoms with E-state index in [1.807, 2.05) is 4.90 Å². The molecule has 4 saturated carbocycles. The summed E-state index contributed by atoms with van der Waals surface area (Å²) in [7, 11) is 0. The van der Waals surface area contributed by atoms with Gasteiger partial charge in [0.05, 0.1) is 5.41 Å². The number of carbonyl (C=O) groups is 2. The maximum atomic E-state index is 13.5. The fraction of sp³-hybridized carbons (Fsp3) is 0.900. The van der Waals surface area contributed by atoms with Crippen molar-refractivity contribution in [3.8, 4) is 0 Å². The molecule has 0 spiro atoms. The number of nitrogens with zero attached hydrogens (tertiary/aromatic N) is 1. The molecule has 1 saturated heterocycles. The molecule has 2 N–H and O–H groups in total. The Kier molecular flexibility index (Phi) is 4.78. The smallest absolute Gasteiger partial charge is 0.242 e. The van der Waals surface area contributed by atoms with Crippen LogP contribution in [0.4, 0.5) is 0 Å². The van der Waals surface area contributed by atoms with Gasteiger partial charge in [-0.15, -0.1) is 0 Å². The van der Waals surface area contributed by atoms with E-state index in [-0.39, 0.29) is 17.4 Å². The highest BCUT2D eigenvalue weighted by molar-refractivity contribution is 5.91. The number of amides is 2. The number of rotatable bonds is 6. The van der Waals surface area contributed by atoms with Crippen molar-refractivity contribution in [2.24, 2.45) is 23.2 Å². The van der Waals surface area contributed by atoms with E-state index in [0.717, 1.165) is 69.5 Å². The van der Waals surface area contributed by atoms with Crippen LogP contribution in [-0.4, -0.2) is 48.9 Å². The van der Waals surface area contributed by atoms with E-state index >= 15 is 0 Å². The fourth-order valence-corrected chi connectivity index (χ4v) is 6.53. The third-order valence-corrected chi connectivity index (χ3v) is 7.16. The second-order valence-corrected chi connectivity index (χ2v) is 9.00. The molecule has 5 aliphatic rings. The first kappa shape index (κ1) is 17.3. The summed E-state index contributed by atoms with van der Waals surface area (Å²) in [4.78, 5) is 28.1. The highest BCUT2D eigenvalue weighted by atomic mass is 16.2. The molecule has 1 heterocycles. The van der Waals surface area contributed by atoms with E-state index in [1.165, 1.54) is 19.3 Å². The minimum atomic E-state index is -0.234. The summed E-state index contributed by atoms with van der Waals surface area (Å²) in [6.45, 7) is 5.17. The van der Waals surface area contributed by atoms with Crippen LogP contribution in [0, 0.1) is 23.2 Å². The Morgan fingerprint density at radius 3 is 2.28 bits per heavy atom. The molecule has 5 heteroatoms. The lowest BCUT2D eigenvalue weighted by molar-refractivity contribution is -0.160. The molecule has 2 amide bonds. The van der Waals surface area contributed by atoms with Crippen LogP contribution in [0.1, 0.15) is 58.3 Å². The zero-order valence-electron chi connectivity index (χ0n) is 15.6. The molecule has 4 aliphatic carbocycles. The highest BCUT2D eigenvalue weighted by Gasteiger charge is 2.56. The maximum absolute atomic E-state index is 13.5. The Bertz CT molecular complexity index is 498. The van der Waals surface area contributed by atoms with Crippen LogP contribution in [-0.2, 0) is 9.59 Å². The van der Waals surface area contributed by atoms with Gasteiger partial charge in [-0.2, -0.15) is 0 Å². The van der Waals surface area contributed by atoms with E-state index in [4.69, 9.17) is 0 Å². The molecule has 4 bridgehead atoms. The van der Waals surface area contributed by atoms with Crippen molar-refractivity contribution in [2.45, 2.75) is 64.3 Å². The molecule has 0 aromatic rings. The van der Waals surface area contributed by atoms with E-state index in [0.29, 0.717) is 12.5 Å². The lowest BCUT2D eigenvalue weighted by Crippen LogP contribution is -2.57. The molecule has 0 radical (unpaired) electrons. The van der Waals surface area contributed by atoms with Gasteiger partial charge in [-0.3, -0.25) is 9.59 Å². The van der Waals surface area contributed by atoms with E-state index in [9.17, 15) is 9.59 Å². The zero-order valence-corrected chi connectivity index (χ0v) is 15.6. The van der Waals surface area contributed by atoms with Gasteiger partial charge < -0.3 is 15.5 Å². The molecular formula is C20H33N3O2. The third-order valence-electron chi connectivity index (χ3n) is 7.16. The lowest BCUT2D eigenvalue weighted by atomic mass is 9.49. The Balaban J connectivity index is 1.42. The quantitative estimate of drug-likeness (QED) is 0.722. The summed E-state index contributed by atoms with van der Waals surface area (Å²) >= 11 is 0. The number of nitrogens with one attached hydrogen (secondary N) is 2. The predicted octanol–water partition coefficient (Wildman–Crippen LogP) is 1.92. The molecule has 0 aromatic heterocycles. The third kappa shape index (κ3) is 3.20. The molecule has 5 fully saturated rings. The standard InChI is InChI=1S/C20H33N3O2/c1-2-21-5-6-22-18(24)17-4-3-7-23(17)19(25)20-11-14-8-15(12-20)10-16(9-14)13-20/h14-17,21H,2-13H2,1H3,(H,22,24). The Morgan fingerprint density at radius 2 is 1.68 bits per heavy atom. The molecule has 5 rings (SSSR count). The second kappa shape index (κ2) is 6.90. The van der Waals surface area contributed by atoms with Crippen LogP contribution < -0.4 is 10.6 Å². The minimum absolute atomic E-state index is 0.0495. The average Bonchev–Trinajstić information content (AvgIpc) is 3.06. The van der Waals surface area contributed by atoms with Gasteiger partial charge in [0.25, 0.3) is 0 Å². The van der Waals surface area contributed by atoms with E-state index in [2.05, 4.69) is 17.6 Å². The van der Waals surface area contributed by atoms with Crippen molar-refractivity contribution in [1.82, 2.24) is 15.5 Å². The summed E-state index contributed by atoms with van der Waals surface area (Å²) in [5, 5.41) is 6.24. The highest BCUT2D eigenvalue weighted by Crippen LogP contribution is 2.60. The Hall–Kier alpha value is -1.10. The Morgan fingerprint density at radius 1 is 1.04 bits per heavy atom. The summed E-state index contributed by atoms with van der Waals surface area (Å²) in [5.41, 5.74) is -0.124. The number of hydrogen-bond donors (Lipinski definition) is 2. The molecule has 140 valence electrons. The second-order valence-electron chi connectivity index (χ2n) is 9.00. The lowest BCUT2D eigenvalue weighted by Gasteiger charge is -2.56. The van der Waals surface area contributed by atoms with Crippen molar-refractivity contribution in [3.05, 3.63) is 0 Å². The van der Waals surface area contributed by atoms with Gasteiger partial charge in [-0.05, 0) is 75.7 Å². The molecular weight excluding hydrogens is 314 g/mol. The number of likely N-dealkylation sites (N-methyl/N-ethyl adjacent to an activating group) is 1. The molecule has 1 unspecified atom stereocenters. The summed E-state index contributed by atoms with van der Waals surface area (Å²) in [5.74, 6) is 2.67. The predicted molar refractivity (Wildman–Crippen MR) is 96.9 cm³/mol. The first-order chi connectivity index (χ1) is 12.1. The molecule has 5 nitrogen and oxygen atoms in total. The molecule has 1 aliphatic heterocycles. The molecule has 25 heavy (non-hydrogen) atoms. The van der Waals surface area contributed by atoms with Gasteiger partial charge in [0.1, 0.15) is 6.04 Å². The van der Waals surface area contributed by atoms with Crippen molar-refractivity contribution in [3.63, 3.8) is 0 Å². The van der Waals surface area contributed by atoms with Crippen LogP contribution in [0.15, 0.2) is 0 Å². The van der Waals surface area contributed by atoms with Gasteiger partial charge in [0.2, 0.25) is 11.8 Å². The maximum Gasteiger partial charge on any atom is 0.242 e. The SMILES string of the molecule is CCNCCNC(=O)C1CCCN1C(=O)C12CC3CC(CC(C3)C1)C2. The van der Waals surface area contributed by atoms with Gasteiger partial charge in [0, 0.05) is 19.6 Å². The van der Waals surface area contributed by atoms with Crippen molar-refractivity contribution < 1.29 is 9.59 Å². The van der Waals surface area contributed by atoms with Gasteiger partial charge >= 0.3 is 0 Å². The van der Waals surface area contributed by atoms with Crippen LogP contribution in [0.25, 0.3) is 0 Å². The van der Waals surface area contributed by atoms with Crippen LogP contribution in [0.3, 0.4) is 0 Å². The monoisotopic (exact) mass is 347 g/mol. The van der Waals surface area contributed by atoms with Crippen molar-refractivity contribution >= 4 is 11.8 Å².